The largest absolute Gasteiger partial charge is 0.224 e. The van der Waals surface area contributed by atoms with Crippen LogP contribution in [0.25, 0.3) is 64.0 Å². The summed E-state index contributed by atoms with van der Waals surface area (Å²) in [4.78, 5) is 0.911. The first kappa shape index (κ1) is 31.6. The van der Waals surface area contributed by atoms with Crippen LogP contribution in [-0.4, -0.2) is 28.3 Å². The van der Waals surface area contributed by atoms with Crippen LogP contribution >= 0.6 is 11.3 Å². The second-order valence-corrected chi connectivity index (χ2v) is 17.3. The van der Waals surface area contributed by atoms with Gasteiger partial charge in [0.05, 0.1) is 21.3 Å². The molecule has 0 aliphatic rings. The zero-order chi connectivity index (χ0) is 32.8. The van der Waals surface area contributed by atoms with E-state index in [0.717, 1.165) is 54.2 Å². The molecule has 238 valence electrons. The van der Waals surface area contributed by atoms with Gasteiger partial charge in [0.2, 0.25) is 0 Å². The Morgan fingerprint density at radius 1 is 0.468 bits per heavy atom. The number of hydrogen-bond donors (Lipinski definition) is 0. The molecule has 0 radical (unpaired) electrons. The van der Waals surface area contributed by atoms with E-state index in [4.69, 9.17) is 0 Å². The maximum absolute atomic E-state index is 14.7. The highest BCUT2D eigenvalue weighted by Gasteiger charge is 2.37. The van der Waals surface area contributed by atoms with Gasteiger partial charge >= 0.3 is 0 Å². The Morgan fingerprint density at radius 2 is 0.766 bits per heavy atom. The minimum Gasteiger partial charge on any atom is -0.224 e. The monoisotopic (exact) mass is 676 g/mol. The van der Waals surface area contributed by atoms with Crippen molar-refractivity contribution < 1.29 is 16.8 Å². The number of thiophene rings is 1. The first-order chi connectivity index (χ1) is 22.7. The fourth-order valence-corrected chi connectivity index (χ4v) is 13.1. The molecule has 0 saturated carbocycles. The molecule has 7 rings (SSSR count). The van der Waals surface area contributed by atoms with Gasteiger partial charge in [-0.1, -0.05) is 124 Å². The van der Waals surface area contributed by atoms with E-state index in [1.54, 1.807) is 0 Å². The fraction of sp³-hybridized carbons (Fsp3) is 0.200. The van der Waals surface area contributed by atoms with Crippen LogP contribution in [-0.2, 0) is 19.7 Å². The SMILES string of the molecule is CCCCS(=O)(=O)c1c(-c2c3ccccc3cc3ccccc23)sc(-c2c3ccccc3cc3ccccc23)c1S(=O)(=O)CCCC. The van der Waals surface area contributed by atoms with E-state index in [1.807, 2.05) is 111 Å². The first-order valence-electron chi connectivity index (χ1n) is 16.2. The van der Waals surface area contributed by atoms with Gasteiger partial charge in [-0.05, 0) is 68.1 Å². The third-order valence-corrected chi connectivity index (χ3v) is 14.3. The molecule has 0 spiro atoms. The van der Waals surface area contributed by atoms with Crippen molar-refractivity contribution in [3.05, 3.63) is 109 Å². The van der Waals surface area contributed by atoms with Crippen molar-refractivity contribution in [1.82, 2.24) is 0 Å². The molecule has 0 aliphatic heterocycles. The highest BCUT2D eigenvalue weighted by molar-refractivity contribution is 7.95. The van der Waals surface area contributed by atoms with Gasteiger partial charge < -0.3 is 0 Å². The first-order valence-corrected chi connectivity index (χ1v) is 20.3. The molecule has 0 amide bonds. The quantitative estimate of drug-likeness (QED) is 0.135. The zero-order valence-corrected chi connectivity index (χ0v) is 28.9. The molecule has 7 aromatic rings. The Hall–Kier alpha value is -4.04. The number of fused-ring (bicyclic) bond motifs is 4. The molecule has 0 saturated heterocycles. The number of sulfone groups is 2. The van der Waals surface area contributed by atoms with Crippen molar-refractivity contribution in [2.45, 2.75) is 49.3 Å². The van der Waals surface area contributed by atoms with Crippen LogP contribution in [0.1, 0.15) is 39.5 Å². The van der Waals surface area contributed by atoms with Crippen LogP contribution < -0.4 is 0 Å². The van der Waals surface area contributed by atoms with Gasteiger partial charge in [0.15, 0.2) is 19.7 Å². The minimum atomic E-state index is -4.04. The molecule has 47 heavy (non-hydrogen) atoms. The molecule has 6 aromatic carbocycles. The summed E-state index contributed by atoms with van der Waals surface area (Å²) in [7, 11) is -8.08. The van der Waals surface area contributed by atoms with Crippen molar-refractivity contribution in [2.75, 3.05) is 11.5 Å². The highest BCUT2D eigenvalue weighted by atomic mass is 32.2. The summed E-state index contributed by atoms with van der Waals surface area (Å²) in [5.41, 5.74) is 1.53. The molecule has 0 fully saturated rings. The lowest BCUT2D eigenvalue weighted by Crippen LogP contribution is -2.15. The topological polar surface area (TPSA) is 68.3 Å². The van der Waals surface area contributed by atoms with Crippen molar-refractivity contribution in [3.63, 3.8) is 0 Å². The van der Waals surface area contributed by atoms with Crippen molar-refractivity contribution in [2.24, 2.45) is 0 Å². The van der Waals surface area contributed by atoms with Gasteiger partial charge in [-0.25, -0.2) is 16.8 Å². The molecule has 4 nitrogen and oxygen atoms in total. The molecule has 0 unspecified atom stereocenters. The lowest BCUT2D eigenvalue weighted by Gasteiger charge is -2.15. The summed E-state index contributed by atoms with van der Waals surface area (Å²) in [6.45, 7) is 3.91. The summed E-state index contributed by atoms with van der Waals surface area (Å²) in [5.74, 6) is -0.246. The number of benzene rings is 6. The third kappa shape index (κ3) is 5.54. The van der Waals surface area contributed by atoms with Gasteiger partial charge in [-0.2, -0.15) is 0 Å². The van der Waals surface area contributed by atoms with Crippen LogP contribution in [0.5, 0.6) is 0 Å². The fourth-order valence-electron chi connectivity index (χ4n) is 6.68. The van der Waals surface area contributed by atoms with Crippen molar-refractivity contribution >= 4 is 74.1 Å². The van der Waals surface area contributed by atoms with Gasteiger partial charge in [-0.15, -0.1) is 11.3 Å². The van der Waals surface area contributed by atoms with Crippen LogP contribution in [0.3, 0.4) is 0 Å². The van der Waals surface area contributed by atoms with E-state index in [1.165, 1.54) is 11.3 Å². The summed E-state index contributed by atoms with van der Waals surface area (Å²) in [6.07, 6.45) is 2.23. The molecule has 0 aliphatic carbocycles. The Balaban J connectivity index is 1.74. The lowest BCUT2D eigenvalue weighted by atomic mass is 9.95. The predicted octanol–water partition coefficient (Wildman–Crippen LogP) is 10.8. The molecule has 1 aromatic heterocycles. The van der Waals surface area contributed by atoms with E-state index in [-0.39, 0.29) is 21.3 Å². The summed E-state index contributed by atoms with van der Waals surface area (Å²) in [5, 5.41) is 7.46. The lowest BCUT2D eigenvalue weighted by molar-refractivity contribution is 0.581. The van der Waals surface area contributed by atoms with Gasteiger partial charge in [0, 0.05) is 11.1 Å². The number of hydrogen-bond acceptors (Lipinski definition) is 5. The second-order valence-electron chi connectivity index (χ2n) is 12.2. The van der Waals surface area contributed by atoms with E-state index >= 15 is 0 Å². The van der Waals surface area contributed by atoms with E-state index in [0.29, 0.717) is 35.4 Å². The second kappa shape index (κ2) is 12.5. The zero-order valence-electron chi connectivity index (χ0n) is 26.5. The van der Waals surface area contributed by atoms with Crippen molar-refractivity contribution in [3.8, 4) is 20.9 Å². The number of rotatable bonds is 10. The Morgan fingerprint density at radius 3 is 1.06 bits per heavy atom. The van der Waals surface area contributed by atoms with Crippen molar-refractivity contribution in [1.29, 1.82) is 0 Å². The smallest absolute Gasteiger partial charge is 0.181 e. The van der Waals surface area contributed by atoms with Crippen LogP contribution in [0, 0.1) is 0 Å². The summed E-state index contributed by atoms with van der Waals surface area (Å²) < 4.78 is 58.9. The Kier molecular flexibility index (Phi) is 8.41. The maximum Gasteiger partial charge on any atom is 0.181 e. The van der Waals surface area contributed by atoms with Gasteiger partial charge in [0.25, 0.3) is 0 Å². The molecular formula is C40H36O4S3. The molecule has 0 N–H and O–H groups in total. The minimum absolute atomic E-state index is 0.0411. The molecular weight excluding hydrogens is 641 g/mol. The van der Waals surface area contributed by atoms with Gasteiger partial charge in [0.1, 0.15) is 9.79 Å². The van der Waals surface area contributed by atoms with Crippen LogP contribution in [0.4, 0.5) is 0 Å². The maximum atomic E-state index is 14.7. The average Bonchev–Trinajstić information content (AvgIpc) is 3.49. The average molecular weight is 677 g/mol. The molecule has 0 bridgehead atoms. The standard InChI is InChI=1S/C40H36O4S3/c1-3-5-23-46(41,42)39-37(35-31-19-11-7-15-27(31)25-28-16-8-12-20-32(28)35)45-38(40(39)47(43,44)24-6-4-2)36-33-21-13-9-17-29(33)26-30-18-10-14-22-34(30)36/h7-22,25-26H,3-6,23-24H2,1-2H3. The van der Waals surface area contributed by atoms with E-state index in [2.05, 4.69) is 12.1 Å². The highest BCUT2D eigenvalue weighted by Crippen LogP contribution is 2.53. The van der Waals surface area contributed by atoms with E-state index < -0.39 is 19.7 Å². The predicted molar refractivity (Wildman–Crippen MR) is 199 cm³/mol. The molecule has 1 heterocycles. The Bertz CT molecular complexity index is 2240. The van der Waals surface area contributed by atoms with Crippen LogP contribution in [0.2, 0.25) is 0 Å². The third-order valence-electron chi connectivity index (χ3n) is 8.97. The molecule has 0 atom stereocenters. The number of unbranched alkanes of at least 4 members (excludes halogenated alkanes) is 2. The summed E-state index contributed by atoms with van der Waals surface area (Å²) in [6, 6.07) is 36.1. The Labute approximate surface area is 280 Å². The molecule has 7 heteroatoms. The normalized spacial score (nSPS) is 12.5. The van der Waals surface area contributed by atoms with E-state index in [9.17, 15) is 16.8 Å². The van der Waals surface area contributed by atoms with Gasteiger partial charge in [-0.3, -0.25) is 0 Å². The van der Waals surface area contributed by atoms with Crippen LogP contribution in [0.15, 0.2) is 119 Å². The summed E-state index contributed by atoms with van der Waals surface area (Å²) >= 11 is 1.31.